The Hall–Kier alpha value is -0.980. The second kappa shape index (κ2) is 5.16. The summed E-state index contributed by atoms with van der Waals surface area (Å²) in [5.41, 5.74) is 0. The minimum atomic E-state index is 0.303. The number of hydrogen-bond acceptors (Lipinski definition) is 1. The number of aliphatic hydroxyl groups is 1. The van der Waals surface area contributed by atoms with E-state index in [0.29, 0.717) is 5.76 Å². The summed E-state index contributed by atoms with van der Waals surface area (Å²) in [7, 11) is 0. The maximum Gasteiger partial charge on any atom is 0.111 e. The van der Waals surface area contributed by atoms with Crippen molar-refractivity contribution in [2.24, 2.45) is 0 Å². The summed E-state index contributed by atoms with van der Waals surface area (Å²) in [4.78, 5) is 0. The predicted molar refractivity (Wildman–Crippen MR) is 40.3 cm³/mol. The molecule has 0 atom stereocenters. The molecule has 0 heterocycles. The fourth-order valence-electron chi connectivity index (χ4n) is 0.444. The monoisotopic (exact) mass is 124 g/mol. The molecule has 1 N–H and O–H groups in total. The number of hydrogen-bond donors (Lipinski definition) is 1. The summed E-state index contributed by atoms with van der Waals surface area (Å²) in [6.45, 7) is 5.44. The van der Waals surface area contributed by atoms with Gasteiger partial charge in [0, 0.05) is 0 Å². The zero-order chi connectivity index (χ0) is 7.11. The number of allylic oxidation sites excluding steroid dienone is 4. The van der Waals surface area contributed by atoms with Crippen molar-refractivity contribution in [3.8, 4) is 0 Å². The molecule has 0 spiro atoms. The van der Waals surface area contributed by atoms with Gasteiger partial charge in [-0.1, -0.05) is 25.7 Å². The molecule has 0 aromatic carbocycles. The van der Waals surface area contributed by atoms with Gasteiger partial charge in [-0.25, -0.2) is 0 Å². The van der Waals surface area contributed by atoms with Crippen LogP contribution in [-0.4, -0.2) is 5.11 Å². The summed E-state index contributed by atoms with van der Waals surface area (Å²) >= 11 is 0. The van der Waals surface area contributed by atoms with Gasteiger partial charge in [0.2, 0.25) is 0 Å². The number of aliphatic hydroxyl groups excluding tert-OH is 1. The summed E-state index contributed by atoms with van der Waals surface area (Å²) in [6, 6.07) is 0. The van der Waals surface area contributed by atoms with Crippen LogP contribution in [0.1, 0.15) is 13.3 Å². The van der Waals surface area contributed by atoms with E-state index in [9.17, 15) is 0 Å². The molecule has 0 bridgehead atoms. The third-order valence-corrected chi connectivity index (χ3v) is 0.816. The lowest BCUT2D eigenvalue weighted by molar-refractivity contribution is 0.430. The molecule has 1 nitrogen and oxygen atoms in total. The van der Waals surface area contributed by atoms with E-state index in [2.05, 4.69) is 6.58 Å². The smallest absolute Gasteiger partial charge is 0.111 e. The van der Waals surface area contributed by atoms with Crippen LogP contribution in [0.5, 0.6) is 0 Å². The first-order chi connectivity index (χ1) is 4.31. The lowest BCUT2D eigenvalue weighted by Gasteiger charge is -1.85. The molecular weight excluding hydrogens is 112 g/mol. The zero-order valence-electron chi connectivity index (χ0n) is 5.67. The highest BCUT2D eigenvalue weighted by Gasteiger charge is 1.77. The minimum Gasteiger partial charge on any atom is -0.508 e. The molecule has 0 radical (unpaired) electrons. The van der Waals surface area contributed by atoms with Crippen LogP contribution in [0.15, 0.2) is 36.6 Å². The van der Waals surface area contributed by atoms with Crippen LogP contribution in [0, 0.1) is 0 Å². The average molecular weight is 124 g/mol. The quantitative estimate of drug-likeness (QED) is 0.453. The molecule has 0 fully saturated rings. The van der Waals surface area contributed by atoms with Gasteiger partial charge >= 0.3 is 0 Å². The average Bonchev–Trinajstić information content (AvgIpc) is 1.85. The highest BCUT2D eigenvalue weighted by molar-refractivity contribution is 5.14. The first kappa shape index (κ1) is 8.02. The molecule has 50 valence electrons. The van der Waals surface area contributed by atoms with Crippen LogP contribution in [0.2, 0.25) is 0 Å². The van der Waals surface area contributed by atoms with Crippen LogP contribution in [0.25, 0.3) is 0 Å². The van der Waals surface area contributed by atoms with Crippen molar-refractivity contribution in [2.75, 3.05) is 0 Å². The van der Waals surface area contributed by atoms with Crippen LogP contribution in [0.4, 0.5) is 0 Å². The van der Waals surface area contributed by atoms with Crippen molar-refractivity contribution in [3.05, 3.63) is 36.6 Å². The lowest BCUT2D eigenvalue weighted by atomic mass is 10.3. The van der Waals surface area contributed by atoms with Gasteiger partial charge in [-0.2, -0.15) is 0 Å². The van der Waals surface area contributed by atoms with Gasteiger partial charge in [0.15, 0.2) is 0 Å². The van der Waals surface area contributed by atoms with Gasteiger partial charge in [0.1, 0.15) is 5.76 Å². The third-order valence-electron chi connectivity index (χ3n) is 0.816. The van der Waals surface area contributed by atoms with Crippen LogP contribution < -0.4 is 0 Å². The van der Waals surface area contributed by atoms with Crippen LogP contribution in [-0.2, 0) is 0 Å². The Bertz CT molecular complexity index is 132. The molecule has 0 saturated heterocycles. The lowest BCUT2D eigenvalue weighted by Crippen LogP contribution is -1.70. The van der Waals surface area contributed by atoms with Crippen molar-refractivity contribution in [1.82, 2.24) is 0 Å². The summed E-state index contributed by atoms with van der Waals surface area (Å²) in [5, 5.41) is 8.91. The van der Waals surface area contributed by atoms with E-state index in [4.69, 9.17) is 5.11 Å². The van der Waals surface area contributed by atoms with Gasteiger partial charge in [-0.05, 0) is 18.6 Å². The van der Waals surface area contributed by atoms with E-state index >= 15 is 0 Å². The van der Waals surface area contributed by atoms with Gasteiger partial charge < -0.3 is 5.11 Å². The topological polar surface area (TPSA) is 20.2 Å². The summed E-state index contributed by atoms with van der Waals surface area (Å²) in [5.74, 6) is 0.303. The molecule has 0 aliphatic heterocycles. The highest BCUT2D eigenvalue weighted by Crippen LogP contribution is 1.92. The Morgan fingerprint density at radius 3 is 2.78 bits per heavy atom. The molecule has 1 heteroatoms. The van der Waals surface area contributed by atoms with Crippen molar-refractivity contribution >= 4 is 0 Å². The van der Waals surface area contributed by atoms with E-state index in [1.165, 1.54) is 0 Å². The normalized spacial score (nSPS) is 12.3. The Morgan fingerprint density at radius 2 is 2.33 bits per heavy atom. The Balaban J connectivity index is 3.74. The fraction of sp³-hybridized carbons (Fsp3) is 0.250. The molecule has 0 aliphatic carbocycles. The molecule has 0 rings (SSSR count). The molecule has 9 heavy (non-hydrogen) atoms. The second-order valence-corrected chi connectivity index (χ2v) is 1.63. The third kappa shape index (κ3) is 4.88. The molecule has 0 amide bonds. The van der Waals surface area contributed by atoms with Crippen LogP contribution in [0.3, 0.4) is 0 Å². The van der Waals surface area contributed by atoms with Gasteiger partial charge in [-0.3, -0.25) is 0 Å². The Labute approximate surface area is 56.0 Å². The Morgan fingerprint density at radius 1 is 1.67 bits per heavy atom. The second-order valence-electron chi connectivity index (χ2n) is 1.63. The van der Waals surface area contributed by atoms with E-state index < -0.39 is 0 Å². The van der Waals surface area contributed by atoms with E-state index in [0.717, 1.165) is 6.42 Å². The highest BCUT2D eigenvalue weighted by atomic mass is 16.3. The molecule has 0 unspecified atom stereocenters. The summed E-state index contributed by atoms with van der Waals surface area (Å²) < 4.78 is 0. The van der Waals surface area contributed by atoms with Gasteiger partial charge in [0.05, 0.1) is 0 Å². The largest absolute Gasteiger partial charge is 0.508 e. The SMILES string of the molecule is C=C/C=C\C(O)=C\CC. The maximum atomic E-state index is 8.91. The molecule has 0 aromatic heterocycles. The van der Waals surface area contributed by atoms with Gasteiger partial charge in [0.25, 0.3) is 0 Å². The van der Waals surface area contributed by atoms with E-state index in [-0.39, 0.29) is 0 Å². The van der Waals surface area contributed by atoms with Crippen LogP contribution >= 0.6 is 0 Å². The zero-order valence-corrected chi connectivity index (χ0v) is 5.67. The fourth-order valence-corrected chi connectivity index (χ4v) is 0.444. The number of rotatable bonds is 3. The standard InChI is InChI=1S/C8H12O/c1-3-5-7-8(9)6-4-2/h3,5-7,9H,1,4H2,2H3/b7-5-,8-6-. The first-order valence-electron chi connectivity index (χ1n) is 2.99. The van der Waals surface area contributed by atoms with Crippen molar-refractivity contribution < 1.29 is 5.11 Å². The summed E-state index contributed by atoms with van der Waals surface area (Å²) in [6.07, 6.45) is 7.52. The molecule has 0 saturated carbocycles. The molecule has 0 aromatic rings. The van der Waals surface area contributed by atoms with Gasteiger partial charge in [-0.15, -0.1) is 0 Å². The van der Waals surface area contributed by atoms with Crippen molar-refractivity contribution in [1.29, 1.82) is 0 Å². The molecule has 0 aliphatic rings. The van der Waals surface area contributed by atoms with E-state index in [1.807, 2.05) is 6.92 Å². The Kier molecular flexibility index (Phi) is 4.60. The van der Waals surface area contributed by atoms with E-state index in [1.54, 1.807) is 24.3 Å². The first-order valence-corrected chi connectivity index (χ1v) is 2.99. The van der Waals surface area contributed by atoms with Crippen molar-refractivity contribution in [3.63, 3.8) is 0 Å². The predicted octanol–water partition coefficient (Wildman–Crippen LogP) is 2.58. The van der Waals surface area contributed by atoms with Crippen molar-refractivity contribution in [2.45, 2.75) is 13.3 Å². The molecular formula is C8H12O. The minimum absolute atomic E-state index is 0.303. The maximum absolute atomic E-state index is 8.91.